The average Bonchev–Trinajstić information content (AvgIpc) is 2.97. The number of benzene rings is 1. The summed E-state index contributed by atoms with van der Waals surface area (Å²) in [6, 6.07) is 9.44. The van der Waals surface area contributed by atoms with Crippen LogP contribution in [0.3, 0.4) is 0 Å². The molecule has 0 aliphatic rings. The van der Waals surface area contributed by atoms with E-state index in [2.05, 4.69) is 15.6 Å². The summed E-state index contributed by atoms with van der Waals surface area (Å²) in [4.78, 5) is 25.8. The Balaban J connectivity index is 2.07. The number of carbonyl (C=O) groups is 2. The normalized spacial score (nSPS) is 10.4. The van der Waals surface area contributed by atoms with Gasteiger partial charge in [0.1, 0.15) is 12.7 Å². The number of amides is 2. The fraction of sp³-hybridized carbons (Fsp3) is 0.286. The van der Waals surface area contributed by atoms with Crippen molar-refractivity contribution in [2.75, 3.05) is 5.43 Å². The molecule has 7 nitrogen and oxygen atoms in total. The first-order valence-electron chi connectivity index (χ1n) is 6.58. The van der Waals surface area contributed by atoms with Crippen molar-refractivity contribution in [1.82, 2.24) is 19.8 Å². The van der Waals surface area contributed by atoms with Gasteiger partial charge >= 0.3 is 11.8 Å². The monoisotopic (exact) mass is 287 g/mol. The van der Waals surface area contributed by atoms with E-state index in [0.29, 0.717) is 6.54 Å². The summed E-state index contributed by atoms with van der Waals surface area (Å²) in [5.41, 5.74) is 3.37. The van der Waals surface area contributed by atoms with Gasteiger partial charge in [-0.05, 0) is 19.4 Å². The molecule has 0 saturated carbocycles. The van der Waals surface area contributed by atoms with Gasteiger partial charge in [0, 0.05) is 12.6 Å². The number of nitrogens with one attached hydrogen (secondary N) is 1. The zero-order chi connectivity index (χ0) is 15.2. The molecule has 0 radical (unpaired) electrons. The Kier molecular flexibility index (Phi) is 4.65. The van der Waals surface area contributed by atoms with E-state index in [1.165, 1.54) is 22.2 Å². The molecule has 1 aromatic carbocycles. The summed E-state index contributed by atoms with van der Waals surface area (Å²) in [6.45, 7) is 4.12. The third-order valence-corrected chi connectivity index (χ3v) is 2.92. The minimum Gasteiger partial charge on any atom is -0.328 e. The zero-order valence-electron chi connectivity index (χ0n) is 11.9. The maximum atomic E-state index is 12.3. The number of hydrogen-bond donors (Lipinski definition) is 1. The van der Waals surface area contributed by atoms with Crippen LogP contribution < -0.4 is 5.43 Å². The molecule has 0 aliphatic carbocycles. The topological polar surface area (TPSA) is 80.1 Å². The molecular weight excluding hydrogens is 270 g/mol. The lowest BCUT2D eigenvalue weighted by Crippen LogP contribution is -2.44. The fourth-order valence-electron chi connectivity index (χ4n) is 1.82. The number of hydrogen-bond acceptors (Lipinski definition) is 4. The molecule has 1 N–H and O–H groups in total. The Bertz CT molecular complexity index is 595. The Morgan fingerprint density at radius 3 is 2.38 bits per heavy atom. The van der Waals surface area contributed by atoms with Gasteiger partial charge < -0.3 is 4.90 Å². The van der Waals surface area contributed by atoms with Crippen molar-refractivity contribution in [2.45, 2.75) is 26.4 Å². The first-order chi connectivity index (χ1) is 10.1. The van der Waals surface area contributed by atoms with Crippen LogP contribution in [0.2, 0.25) is 0 Å². The van der Waals surface area contributed by atoms with Crippen molar-refractivity contribution >= 4 is 11.8 Å². The van der Waals surface area contributed by atoms with Gasteiger partial charge in [-0.2, -0.15) is 0 Å². The van der Waals surface area contributed by atoms with Gasteiger partial charge in [0.25, 0.3) is 0 Å². The maximum Gasteiger partial charge on any atom is 0.328 e. The molecule has 0 aliphatic heterocycles. The van der Waals surface area contributed by atoms with Crippen LogP contribution in [0.4, 0.5) is 0 Å². The highest BCUT2D eigenvalue weighted by atomic mass is 16.2. The molecule has 0 bridgehead atoms. The van der Waals surface area contributed by atoms with E-state index in [-0.39, 0.29) is 6.04 Å². The summed E-state index contributed by atoms with van der Waals surface area (Å²) in [5.74, 6) is -1.32. The number of nitrogens with zero attached hydrogens (tertiary/aromatic N) is 4. The molecule has 1 aromatic heterocycles. The minimum atomic E-state index is -0.723. The molecule has 2 amide bonds. The van der Waals surface area contributed by atoms with Crippen molar-refractivity contribution in [3.8, 4) is 0 Å². The first-order valence-corrected chi connectivity index (χ1v) is 6.58. The lowest BCUT2D eigenvalue weighted by atomic mass is 10.2. The Labute approximate surface area is 122 Å². The van der Waals surface area contributed by atoms with Crippen molar-refractivity contribution in [3.05, 3.63) is 48.5 Å². The largest absolute Gasteiger partial charge is 0.328 e. The van der Waals surface area contributed by atoms with Crippen LogP contribution in [0.1, 0.15) is 19.4 Å². The second kappa shape index (κ2) is 6.65. The molecule has 7 heteroatoms. The highest BCUT2D eigenvalue weighted by Crippen LogP contribution is 2.08. The SMILES string of the molecule is CC(C)N(Cc1ccccc1)C(=O)C(=O)Nn1cnnc1. The van der Waals surface area contributed by atoms with Crippen molar-refractivity contribution in [2.24, 2.45) is 0 Å². The summed E-state index contributed by atoms with van der Waals surface area (Å²) in [5, 5.41) is 7.11. The average molecular weight is 287 g/mol. The first kappa shape index (κ1) is 14.7. The molecule has 1 heterocycles. The standard InChI is InChI=1S/C14H17N5O2/c1-11(2)19(8-12-6-4-3-5-7-12)14(21)13(20)17-18-9-15-16-10-18/h3-7,9-11H,8H2,1-2H3,(H,17,20). The highest BCUT2D eigenvalue weighted by Gasteiger charge is 2.24. The van der Waals surface area contributed by atoms with E-state index >= 15 is 0 Å². The third-order valence-electron chi connectivity index (χ3n) is 2.92. The molecule has 2 aromatic rings. The molecule has 0 atom stereocenters. The van der Waals surface area contributed by atoms with Gasteiger partial charge in [-0.1, -0.05) is 30.3 Å². The Hall–Kier alpha value is -2.70. The molecule has 0 unspecified atom stereocenters. The van der Waals surface area contributed by atoms with E-state index < -0.39 is 11.8 Å². The van der Waals surface area contributed by atoms with E-state index in [0.717, 1.165) is 5.56 Å². The van der Waals surface area contributed by atoms with Crippen LogP contribution in [0.15, 0.2) is 43.0 Å². The lowest BCUT2D eigenvalue weighted by Gasteiger charge is -2.26. The molecule has 0 fully saturated rings. The van der Waals surface area contributed by atoms with Crippen molar-refractivity contribution in [3.63, 3.8) is 0 Å². The Morgan fingerprint density at radius 1 is 1.19 bits per heavy atom. The Morgan fingerprint density at radius 2 is 1.81 bits per heavy atom. The summed E-state index contributed by atoms with van der Waals surface area (Å²) in [7, 11) is 0. The second-order valence-corrected chi connectivity index (χ2v) is 4.82. The molecule has 21 heavy (non-hydrogen) atoms. The summed E-state index contributed by atoms with van der Waals surface area (Å²) in [6.07, 6.45) is 2.62. The molecular formula is C14H17N5O2. The van der Waals surface area contributed by atoms with Crippen LogP contribution in [-0.4, -0.2) is 37.6 Å². The van der Waals surface area contributed by atoms with E-state index in [1.54, 1.807) is 0 Å². The molecule has 0 saturated heterocycles. The van der Waals surface area contributed by atoms with Gasteiger partial charge in [0.2, 0.25) is 0 Å². The number of aromatic nitrogens is 3. The summed E-state index contributed by atoms with van der Waals surface area (Å²) >= 11 is 0. The molecule has 110 valence electrons. The van der Waals surface area contributed by atoms with Crippen LogP contribution in [-0.2, 0) is 16.1 Å². The van der Waals surface area contributed by atoms with Crippen LogP contribution in [0, 0.1) is 0 Å². The second-order valence-electron chi connectivity index (χ2n) is 4.82. The van der Waals surface area contributed by atoms with Crippen LogP contribution >= 0.6 is 0 Å². The van der Waals surface area contributed by atoms with Crippen molar-refractivity contribution < 1.29 is 9.59 Å². The third kappa shape index (κ3) is 3.88. The van der Waals surface area contributed by atoms with Gasteiger partial charge in [0.15, 0.2) is 0 Å². The van der Waals surface area contributed by atoms with Crippen molar-refractivity contribution in [1.29, 1.82) is 0 Å². The molecule has 0 spiro atoms. The van der Waals surface area contributed by atoms with Gasteiger partial charge in [-0.15, -0.1) is 10.2 Å². The maximum absolute atomic E-state index is 12.3. The van der Waals surface area contributed by atoms with Crippen LogP contribution in [0.5, 0.6) is 0 Å². The zero-order valence-corrected chi connectivity index (χ0v) is 11.9. The van der Waals surface area contributed by atoms with Gasteiger partial charge in [-0.3, -0.25) is 15.0 Å². The number of carbonyl (C=O) groups excluding carboxylic acids is 2. The quantitative estimate of drug-likeness (QED) is 0.843. The lowest BCUT2D eigenvalue weighted by molar-refractivity contribution is -0.145. The smallest absolute Gasteiger partial charge is 0.328 e. The van der Waals surface area contributed by atoms with E-state index in [1.807, 2.05) is 44.2 Å². The van der Waals surface area contributed by atoms with Gasteiger partial charge in [0.05, 0.1) is 0 Å². The predicted molar refractivity (Wildman–Crippen MR) is 76.5 cm³/mol. The highest BCUT2D eigenvalue weighted by molar-refractivity contribution is 6.38. The van der Waals surface area contributed by atoms with Crippen LogP contribution in [0.25, 0.3) is 0 Å². The van der Waals surface area contributed by atoms with E-state index in [9.17, 15) is 9.59 Å². The summed E-state index contributed by atoms with van der Waals surface area (Å²) < 4.78 is 1.24. The molecule has 2 rings (SSSR count). The van der Waals surface area contributed by atoms with Gasteiger partial charge in [-0.25, -0.2) is 4.68 Å². The fourth-order valence-corrected chi connectivity index (χ4v) is 1.82. The minimum absolute atomic E-state index is 0.0932. The van der Waals surface area contributed by atoms with E-state index in [4.69, 9.17) is 0 Å². The number of rotatable bonds is 4. The predicted octanol–water partition coefficient (Wildman–Crippen LogP) is 0.785.